The lowest BCUT2D eigenvalue weighted by Gasteiger charge is -2.15. The topological polar surface area (TPSA) is 32.7 Å². The fourth-order valence-electron chi connectivity index (χ4n) is 0.376. The molecule has 1 N–H and O–H groups in total. The highest BCUT2D eigenvalue weighted by Crippen LogP contribution is 2.06. The summed E-state index contributed by atoms with van der Waals surface area (Å²) in [6, 6.07) is 0. The minimum Gasteiger partial charge on any atom is -0.395 e. The van der Waals surface area contributed by atoms with Crippen molar-refractivity contribution >= 4 is 28.6 Å². The van der Waals surface area contributed by atoms with Gasteiger partial charge in [0.05, 0.1) is 25.8 Å². The molecule has 0 saturated carbocycles. The Hall–Kier alpha value is 0.160. The van der Waals surface area contributed by atoms with Gasteiger partial charge in [-0.1, -0.05) is 12.2 Å². The molecule has 0 aromatic heterocycles. The predicted molar refractivity (Wildman–Crippen MR) is 46.9 cm³/mol. The Morgan fingerprint density at radius 2 is 2.40 bits per heavy atom. The van der Waals surface area contributed by atoms with E-state index in [1.54, 1.807) is 12.0 Å². The van der Waals surface area contributed by atoms with Gasteiger partial charge in [-0.25, -0.2) is 0 Å². The molecular weight excluding hydrogens is 170 g/mol. The molecule has 0 aliphatic rings. The molecular formula is C5H11NO2S2. The number of nitrogens with zero attached hydrogens (tertiary/aromatic N) is 1. The van der Waals surface area contributed by atoms with Crippen LogP contribution in [0, 0.1) is 0 Å². The van der Waals surface area contributed by atoms with Gasteiger partial charge in [-0.05, 0) is 0 Å². The van der Waals surface area contributed by atoms with Gasteiger partial charge in [0, 0.05) is 13.6 Å². The minimum atomic E-state index is 0.112. The van der Waals surface area contributed by atoms with E-state index in [1.165, 1.54) is 0 Å². The molecule has 10 heavy (non-hydrogen) atoms. The van der Waals surface area contributed by atoms with Gasteiger partial charge >= 0.3 is 0 Å². The second-order valence-electron chi connectivity index (χ2n) is 1.66. The zero-order valence-electron chi connectivity index (χ0n) is 6.03. The Kier molecular flexibility index (Phi) is 6.00. The number of thiocarbonyl (C=S) groups is 1. The Morgan fingerprint density at radius 1 is 1.80 bits per heavy atom. The zero-order valence-corrected chi connectivity index (χ0v) is 7.67. The quantitative estimate of drug-likeness (QED) is 0.506. The van der Waals surface area contributed by atoms with Crippen LogP contribution in [-0.2, 0) is 4.18 Å². The molecule has 0 atom stereocenters. The van der Waals surface area contributed by atoms with Gasteiger partial charge in [-0.3, -0.25) is 0 Å². The molecule has 0 fully saturated rings. The van der Waals surface area contributed by atoms with Crippen LogP contribution < -0.4 is 0 Å². The van der Waals surface area contributed by atoms with E-state index in [2.05, 4.69) is 0 Å². The van der Waals surface area contributed by atoms with Gasteiger partial charge in [0.2, 0.25) is 0 Å². The lowest BCUT2D eigenvalue weighted by molar-refractivity contribution is 0.266. The summed E-state index contributed by atoms with van der Waals surface area (Å²) < 4.78 is 5.36. The van der Waals surface area contributed by atoms with Crippen LogP contribution in [0.4, 0.5) is 0 Å². The minimum absolute atomic E-state index is 0.112. The first-order valence-corrected chi connectivity index (χ1v) is 3.94. The molecule has 0 heterocycles. The number of aliphatic hydroxyl groups is 1. The van der Waals surface area contributed by atoms with Crippen LogP contribution in [0.5, 0.6) is 0 Å². The maximum Gasteiger partial charge on any atom is 0.163 e. The molecule has 0 aliphatic carbocycles. The van der Waals surface area contributed by atoms with Crippen molar-refractivity contribution in [3.05, 3.63) is 0 Å². The molecule has 60 valence electrons. The van der Waals surface area contributed by atoms with Crippen molar-refractivity contribution in [2.45, 2.75) is 0 Å². The van der Waals surface area contributed by atoms with Crippen LogP contribution in [0.25, 0.3) is 0 Å². The van der Waals surface area contributed by atoms with Gasteiger partial charge < -0.3 is 14.2 Å². The molecule has 0 unspecified atom stereocenters. The van der Waals surface area contributed by atoms with Gasteiger partial charge in [0.15, 0.2) is 4.32 Å². The van der Waals surface area contributed by atoms with Crippen LogP contribution in [0.3, 0.4) is 0 Å². The molecule has 0 radical (unpaired) electrons. The molecule has 0 aromatic rings. The summed E-state index contributed by atoms with van der Waals surface area (Å²) in [5.74, 6) is 0. The molecule has 0 aliphatic heterocycles. The molecule has 0 amide bonds. The lowest BCUT2D eigenvalue weighted by Crippen LogP contribution is -2.25. The summed E-state index contributed by atoms with van der Waals surface area (Å²) in [5, 5.41) is 8.50. The average Bonchev–Trinajstić information content (AvgIpc) is 1.89. The first-order valence-electron chi connectivity index (χ1n) is 2.79. The number of aliphatic hydroxyl groups excluding tert-OH is 1. The Labute approximate surface area is 70.6 Å². The SMILES string of the molecule is COSC(=S)N(C)CCO. The highest BCUT2D eigenvalue weighted by atomic mass is 32.2. The average molecular weight is 181 g/mol. The summed E-state index contributed by atoms with van der Waals surface area (Å²) in [4.78, 5) is 1.75. The van der Waals surface area contributed by atoms with Crippen LogP contribution in [-0.4, -0.2) is 41.6 Å². The van der Waals surface area contributed by atoms with Crippen molar-refractivity contribution in [2.24, 2.45) is 0 Å². The van der Waals surface area contributed by atoms with Crippen molar-refractivity contribution in [3.63, 3.8) is 0 Å². The maximum atomic E-state index is 8.50. The summed E-state index contributed by atoms with van der Waals surface area (Å²) in [6.07, 6.45) is 0. The van der Waals surface area contributed by atoms with Gasteiger partial charge in [-0.2, -0.15) is 0 Å². The second-order valence-corrected chi connectivity index (χ2v) is 3.19. The van der Waals surface area contributed by atoms with Crippen LogP contribution >= 0.6 is 24.3 Å². The van der Waals surface area contributed by atoms with E-state index in [1.807, 2.05) is 7.05 Å². The normalized spacial score (nSPS) is 9.50. The fourth-order valence-corrected chi connectivity index (χ4v) is 1.03. The third-order valence-electron chi connectivity index (χ3n) is 0.902. The maximum absolute atomic E-state index is 8.50. The largest absolute Gasteiger partial charge is 0.395 e. The molecule has 5 heteroatoms. The summed E-state index contributed by atoms with van der Waals surface area (Å²) in [6.45, 7) is 0.663. The molecule has 3 nitrogen and oxygen atoms in total. The molecule has 0 spiro atoms. The third kappa shape index (κ3) is 4.05. The van der Waals surface area contributed by atoms with Crippen molar-refractivity contribution in [2.75, 3.05) is 27.3 Å². The summed E-state index contributed by atoms with van der Waals surface area (Å²) in [5.41, 5.74) is 0. The van der Waals surface area contributed by atoms with E-state index in [0.717, 1.165) is 12.0 Å². The first-order chi connectivity index (χ1) is 4.72. The fraction of sp³-hybridized carbons (Fsp3) is 0.800. The Balaban J connectivity index is 3.49. The van der Waals surface area contributed by atoms with Gasteiger partial charge in [-0.15, -0.1) is 0 Å². The Morgan fingerprint density at radius 3 is 2.80 bits per heavy atom. The van der Waals surface area contributed by atoms with Crippen molar-refractivity contribution in [3.8, 4) is 0 Å². The Bertz CT molecular complexity index is 110. The lowest BCUT2D eigenvalue weighted by atomic mass is 10.6. The highest BCUT2D eigenvalue weighted by Gasteiger charge is 2.02. The smallest absolute Gasteiger partial charge is 0.163 e. The van der Waals surface area contributed by atoms with E-state index >= 15 is 0 Å². The first kappa shape index (κ1) is 10.2. The summed E-state index contributed by atoms with van der Waals surface area (Å²) >= 11 is 6.02. The van der Waals surface area contributed by atoms with Crippen molar-refractivity contribution < 1.29 is 9.29 Å². The number of hydrogen-bond donors (Lipinski definition) is 1. The molecule has 0 saturated heterocycles. The molecule has 0 bridgehead atoms. The molecule has 0 rings (SSSR count). The van der Waals surface area contributed by atoms with E-state index in [9.17, 15) is 0 Å². The predicted octanol–water partition coefficient (Wildman–Crippen LogP) is 0.490. The van der Waals surface area contributed by atoms with E-state index < -0.39 is 0 Å². The number of likely N-dealkylation sites (N-methyl/N-ethyl adjacent to an activating group) is 1. The zero-order chi connectivity index (χ0) is 7.98. The second kappa shape index (κ2) is 5.91. The van der Waals surface area contributed by atoms with E-state index in [0.29, 0.717) is 10.9 Å². The van der Waals surface area contributed by atoms with Crippen molar-refractivity contribution in [1.29, 1.82) is 0 Å². The van der Waals surface area contributed by atoms with Crippen LogP contribution in [0.2, 0.25) is 0 Å². The van der Waals surface area contributed by atoms with Gasteiger partial charge in [0.1, 0.15) is 0 Å². The van der Waals surface area contributed by atoms with Gasteiger partial charge in [0.25, 0.3) is 0 Å². The van der Waals surface area contributed by atoms with Crippen molar-refractivity contribution in [1.82, 2.24) is 4.90 Å². The number of rotatable bonds is 3. The monoisotopic (exact) mass is 181 g/mol. The highest BCUT2D eigenvalue weighted by molar-refractivity contribution is 8.19. The molecule has 0 aromatic carbocycles. The number of hydrogen-bond acceptors (Lipinski definition) is 4. The van der Waals surface area contributed by atoms with E-state index in [-0.39, 0.29) is 6.61 Å². The van der Waals surface area contributed by atoms with Crippen LogP contribution in [0.15, 0.2) is 0 Å². The standard InChI is InChI=1S/C5H11NO2S2/c1-6(3-4-7)5(9)10-8-2/h7H,3-4H2,1-2H3. The van der Waals surface area contributed by atoms with Crippen LogP contribution in [0.1, 0.15) is 0 Å². The van der Waals surface area contributed by atoms with E-state index in [4.69, 9.17) is 21.5 Å². The summed E-state index contributed by atoms with van der Waals surface area (Å²) in [7, 11) is 3.37. The third-order valence-corrected chi connectivity index (χ3v) is 2.04.